The van der Waals surface area contributed by atoms with Crippen LogP contribution in [0.5, 0.6) is 0 Å². The number of rotatable bonds is 7. The first-order valence-electron chi connectivity index (χ1n) is 6.66. The predicted molar refractivity (Wildman–Crippen MR) is 70.1 cm³/mol. The van der Waals surface area contributed by atoms with Gasteiger partial charge < -0.3 is 9.47 Å². The third kappa shape index (κ3) is 7.30. The van der Waals surface area contributed by atoms with E-state index in [1.54, 1.807) is 6.92 Å². The van der Waals surface area contributed by atoms with E-state index < -0.39 is 0 Å². The Morgan fingerprint density at radius 3 is 2.06 bits per heavy atom. The molecule has 4 heteroatoms. The quantitative estimate of drug-likeness (QED) is 0.658. The van der Waals surface area contributed by atoms with Gasteiger partial charge in [-0.05, 0) is 25.2 Å². The van der Waals surface area contributed by atoms with Gasteiger partial charge in [0.2, 0.25) is 0 Å². The van der Waals surface area contributed by atoms with Gasteiger partial charge in [0, 0.05) is 12.8 Å². The molecule has 18 heavy (non-hydrogen) atoms. The van der Waals surface area contributed by atoms with Crippen molar-refractivity contribution in [3.63, 3.8) is 0 Å². The van der Waals surface area contributed by atoms with Crippen LogP contribution in [0.3, 0.4) is 0 Å². The first-order chi connectivity index (χ1) is 8.31. The zero-order valence-corrected chi connectivity index (χ0v) is 12.2. The van der Waals surface area contributed by atoms with Crippen molar-refractivity contribution in [1.29, 1.82) is 0 Å². The van der Waals surface area contributed by atoms with Crippen molar-refractivity contribution in [2.45, 2.75) is 66.4 Å². The molecule has 0 aromatic heterocycles. The first-order valence-corrected chi connectivity index (χ1v) is 6.66. The normalized spacial score (nSPS) is 12.9. The molecule has 4 nitrogen and oxygen atoms in total. The van der Waals surface area contributed by atoms with E-state index in [1.165, 1.54) is 0 Å². The van der Waals surface area contributed by atoms with Crippen LogP contribution in [0, 0.1) is 5.41 Å². The molecule has 0 aromatic carbocycles. The van der Waals surface area contributed by atoms with E-state index in [9.17, 15) is 9.59 Å². The number of hydrogen-bond donors (Lipinski definition) is 0. The summed E-state index contributed by atoms with van der Waals surface area (Å²) in [6, 6.07) is 0. The molecule has 0 aliphatic rings. The zero-order valence-electron chi connectivity index (χ0n) is 12.2. The molecule has 0 heterocycles. The lowest BCUT2D eigenvalue weighted by Gasteiger charge is -2.29. The maximum absolute atomic E-state index is 11.6. The highest BCUT2D eigenvalue weighted by Gasteiger charge is 2.26. The van der Waals surface area contributed by atoms with Crippen LogP contribution >= 0.6 is 0 Å². The Labute approximate surface area is 110 Å². The van der Waals surface area contributed by atoms with Crippen LogP contribution in [-0.2, 0) is 19.1 Å². The highest BCUT2D eigenvalue weighted by molar-refractivity contribution is 5.72. The third-order valence-electron chi connectivity index (χ3n) is 2.68. The van der Waals surface area contributed by atoms with Gasteiger partial charge in [0.25, 0.3) is 0 Å². The Morgan fingerprint density at radius 2 is 1.61 bits per heavy atom. The van der Waals surface area contributed by atoms with Crippen LogP contribution in [0.15, 0.2) is 0 Å². The second-order valence-corrected chi connectivity index (χ2v) is 5.41. The molecule has 0 saturated heterocycles. The second kappa shape index (κ2) is 8.11. The van der Waals surface area contributed by atoms with E-state index in [1.807, 2.05) is 27.7 Å². The van der Waals surface area contributed by atoms with E-state index in [2.05, 4.69) is 0 Å². The maximum atomic E-state index is 11.6. The molecule has 0 spiro atoms. The second-order valence-electron chi connectivity index (χ2n) is 5.41. The fraction of sp³-hybridized carbons (Fsp3) is 0.857. The van der Waals surface area contributed by atoms with Gasteiger partial charge in [-0.2, -0.15) is 0 Å². The topological polar surface area (TPSA) is 52.6 Å². The van der Waals surface area contributed by atoms with Gasteiger partial charge in [0.1, 0.15) is 6.10 Å². The molecule has 0 aliphatic heterocycles. The van der Waals surface area contributed by atoms with E-state index in [0.29, 0.717) is 13.0 Å². The molecule has 0 N–H and O–H groups in total. The molecule has 0 aromatic rings. The van der Waals surface area contributed by atoms with Crippen LogP contribution in [0.1, 0.15) is 60.3 Å². The highest BCUT2D eigenvalue weighted by atomic mass is 16.5. The van der Waals surface area contributed by atoms with Crippen LogP contribution in [-0.4, -0.2) is 24.6 Å². The SMILES string of the molecule is CCOC(=O)CCCC(=O)OC(CC)C(C)(C)C. The number of carbonyl (C=O) groups is 2. The van der Waals surface area contributed by atoms with Crippen molar-refractivity contribution in [2.75, 3.05) is 6.61 Å². The van der Waals surface area contributed by atoms with E-state index in [0.717, 1.165) is 6.42 Å². The Hall–Kier alpha value is -1.06. The van der Waals surface area contributed by atoms with E-state index in [-0.39, 0.29) is 36.3 Å². The van der Waals surface area contributed by atoms with Gasteiger partial charge in [0.15, 0.2) is 0 Å². The number of carbonyl (C=O) groups excluding carboxylic acids is 2. The summed E-state index contributed by atoms with van der Waals surface area (Å²) in [5.41, 5.74) is -0.0500. The molecule has 0 fully saturated rings. The lowest BCUT2D eigenvalue weighted by molar-refractivity contribution is -0.155. The minimum absolute atomic E-state index is 0.0500. The van der Waals surface area contributed by atoms with E-state index >= 15 is 0 Å². The fourth-order valence-corrected chi connectivity index (χ4v) is 1.70. The average Bonchev–Trinajstić information content (AvgIpc) is 2.24. The first kappa shape index (κ1) is 16.9. The van der Waals surface area contributed by atoms with Crippen LogP contribution in [0.25, 0.3) is 0 Å². The zero-order chi connectivity index (χ0) is 14.2. The van der Waals surface area contributed by atoms with Crippen molar-refractivity contribution in [3.05, 3.63) is 0 Å². The molecular formula is C14H26O4. The van der Waals surface area contributed by atoms with Gasteiger partial charge in [-0.1, -0.05) is 27.7 Å². The molecule has 106 valence electrons. The maximum Gasteiger partial charge on any atom is 0.306 e. The molecular weight excluding hydrogens is 232 g/mol. The van der Waals surface area contributed by atoms with Crippen molar-refractivity contribution < 1.29 is 19.1 Å². The molecule has 0 amide bonds. The monoisotopic (exact) mass is 258 g/mol. The minimum atomic E-state index is -0.256. The standard InChI is InChI=1S/C14H26O4/c1-6-11(14(3,4)5)18-13(16)10-8-9-12(15)17-7-2/h11H,6-10H2,1-5H3. The molecule has 0 aliphatic carbocycles. The van der Waals surface area contributed by atoms with Crippen LogP contribution in [0.2, 0.25) is 0 Å². The molecule has 0 radical (unpaired) electrons. The van der Waals surface area contributed by atoms with Gasteiger partial charge in [-0.3, -0.25) is 9.59 Å². The number of hydrogen-bond acceptors (Lipinski definition) is 4. The summed E-state index contributed by atoms with van der Waals surface area (Å²) < 4.78 is 10.2. The van der Waals surface area contributed by atoms with Crippen LogP contribution in [0.4, 0.5) is 0 Å². The molecule has 0 rings (SSSR count). The Kier molecular flexibility index (Phi) is 7.64. The van der Waals surface area contributed by atoms with Crippen molar-refractivity contribution in [1.82, 2.24) is 0 Å². The summed E-state index contributed by atoms with van der Waals surface area (Å²) in [5, 5.41) is 0. The third-order valence-corrected chi connectivity index (χ3v) is 2.68. The average molecular weight is 258 g/mol. The smallest absolute Gasteiger partial charge is 0.306 e. The largest absolute Gasteiger partial charge is 0.466 e. The van der Waals surface area contributed by atoms with Crippen molar-refractivity contribution in [3.8, 4) is 0 Å². The molecule has 1 atom stereocenters. The summed E-state index contributed by atoms with van der Waals surface area (Å²) >= 11 is 0. The summed E-state index contributed by atoms with van der Waals surface area (Å²) in [6.07, 6.45) is 1.75. The fourth-order valence-electron chi connectivity index (χ4n) is 1.70. The number of ether oxygens (including phenoxy) is 2. The molecule has 0 saturated carbocycles. The Bertz CT molecular complexity index is 265. The van der Waals surface area contributed by atoms with Crippen molar-refractivity contribution >= 4 is 11.9 Å². The highest BCUT2D eigenvalue weighted by Crippen LogP contribution is 2.25. The van der Waals surface area contributed by atoms with Gasteiger partial charge in [0.05, 0.1) is 6.61 Å². The Balaban J connectivity index is 3.93. The summed E-state index contributed by atoms with van der Waals surface area (Å²) in [5.74, 6) is -0.491. The van der Waals surface area contributed by atoms with Gasteiger partial charge in [-0.15, -0.1) is 0 Å². The van der Waals surface area contributed by atoms with Crippen LogP contribution < -0.4 is 0 Å². The summed E-state index contributed by atoms with van der Waals surface area (Å²) in [7, 11) is 0. The van der Waals surface area contributed by atoms with Gasteiger partial charge in [-0.25, -0.2) is 0 Å². The lowest BCUT2D eigenvalue weighted by Crippen LogP contribution is -2.31. The predicted octanol–water partition coefficient (Wildman–Crippen LogP) is 3.09. The minimum Gasteiger partial charge on any atom is -0.466 e. The number of esters is 2. The Morgan fingerprint density at radius 1 is 1.06 bits per heavy atom. The van der Waals surface area contributed by atoms with Crippen molar-refractivity contribution in [2.24, 2.45) is 5.41 Å². The lowest BCUT2D eigenvalue weighted by atomic mass is 9.87. The summed E-state index contributed by atoms with van der Waals surface area (Å²) in [4.78, 5) is 22.7. The molecule has 1 unspecified atom stereocenters. The molecule has 0 bridgehead atoms. The summed E-state index contributed by atoms with van der Waals surface area (Å²) in [6.45, 7) is 10.3. The van der Waals surface area contributed by atoms with Gasteiger partial charge >= 0.3 is 11.9 Å². The van der Waals surface area contributed by atoms with E-state index in [4.69, 9.17) is 9.47 Å².